The molecule has 3 aliphatic rings. The van der Waals surface area contributed by atoms with Crippen molar-refractivity contribution in [3.63, 3.8) is 0 Å². The van der Waals surface area contributed by atoms with Crippen LogP contribution in [0, 0.1) is 0 Å². The van der Waals surface area contributed by atoms with E-state index in [1.807, 2.05) is 12.1 Å². The molecule has 16 heavy (non-hydrogen) atoms. The number of fused-ring (bicyclic) bond motifs is 8. The minimum Gasteiger partial charge on any atom is -0.496 e. The van der Waals surface area contributed by atoms with Gasteiger partial charge in [0.1, 0.15) is 11.5 Å². The van der Waals surface area contributed by atoms with Gasteiger partial charge in [0.25, 0.3) is 0 Å². The van der Waals surface area contributed by atoms with Crippen LogP contribution in [0.5, 0.6) is 11.5 Å². The highest BCUT2D eigenvalue weighted by atomic mass is 16.6. The van der Waals surface area contributed by atoms with Crippen LogP contribution in [0.3, 0.4) is 0 Å². The summed E-state index contributed by atoms with van der Waals surface area (Å²) in [6, 6.07) is 4.02. The van der Waals surface area contributed by atoms with Gasteiger partial charge in [0.15, 0.2) is 0 Å². The molecule has 0 radical (unpaired) electrons. The summed E-state index contributed by atoms with van der Waals surface area (Å²) in [5.74, 6) is 3.07. The predicted molar refractivity (Wildman–Crippen MR) is 58.3 cm³/mol. The fourth-order valence-electron chi connectivity index (χ4n) is 3.61. The summed E-state index contributed by atoms with van der Waals surface area (Å²) in [6.07, 6.45) is 2.12. The maximum absolute atomic E-state index is 5.71. The highest BCUT2D eigenvalue weighted by molar-refractivity contribution is 5.60. The molecule has 0 aromatic heterocycles. The number of methoxy groups -OCH3 is 2. The molecule has 0 N–H and O–H groups in total. The number of hydrogen-bond acceptors (Lipinski definition) is 3. The molecule has 3 heteroatoms. The van der Waals surface area contributed by atoms with Gasteiger partial charge in [-0.3, -0.25) is 0 Å². The van der Waals surface area contributed by atoms with Crippen LogP contribution in [0.4, 0.5) is 0 Å². The second-order valence-electron chi connectivity index (χ2n) is 4.81. The van der Waals surface area contributed by atoms with Crippen molar-refractivity contribution in [2.24, 2.45) is 0 Å². The lowest BCUT2D eigenvalue weighted by atomic mass is 9.90. The molecular formula is C13H14O3. The Bertz CT molecular complexity index is 427. The highest BCUT2D eigenvalue weighted by Crippen LogP contribution is 2.66. The summed E-state index contributed by atoms with van der Waals surface area (Å²) in [5, 5.41) is 0. The first-order chi connectivity index (χ1) is 7.85. The monoisotopic (exact) mass is 218 g/mol. The molecule has 1 aliphatic heterocycles. The van der Waals surface area contributed by atoms with Crippen molar-refractivity contribution in [2.45, 2.75) is 30.5 Å². The SMILES string of the molecule is COc1ccc(OC)c2c1[C@H]1C[C@@H]2[C@H]2O[C@@H]21. The van der Waals surface area contributed by atoms with E-state index >= 15 is 0 Å². The zero-order valence-electron chi connectivity index (χ0n) is 9.40. The molecule has 2 aliphatic carbocycles. The number of ether oxygens (including phenoxy) is 3. The molecule has 4 rings (SSSR count). The maximum Gasteiger partial charge on any atom is 0.122 e. The molecule has 1 saturated carbocycles. The largest absolute Gasteiger partial charge is 0.496 e. The quantitative estimate of drug-likeness (QED) is 0.712. The number of epoxide rings is 1. The standard InChI is InChI=1S/C13H14O3/c1-14-8-3-4-9(15-2)11-7-5-6(10(8)11)12-13(7)16-12/h3-4,6-7,12-13H,5H2,1-2H3/t6-,7+,12-,13-/m1/s1. The zero-order valence-corrected chi connectivity index (χ0v) is 9.40. The van der Waals surface area contributed by atoms with Gasteiger partial charge in [-0.15, -0.1) is 0 Å². The molecule has 0 unspecified atom stereocenters. The molecule has 2 bridgehead atoms. The third-order valence-electron chi connectivity index (χ3n) is 4.25. The zero-order chi connectivity index (χ0) is 10.9. The lowest BCUT2D eigenvalue weighted by Gasteiger charge is -2.18. The molecule has 1 aromatic carbocycles. The van der Waals surface area contributed by atoms with Gasteiger partial charge in [0, 0.05) is 23.0 Å². The normalized spacial score (nSPS) is 36.9. The van der Waals surface area contributed by atoms with Crippen LogP contribution >= 0.6 is 0 Å². The average molecular weight is 218 g/mol. The van der Waals surface area contributed by atoms with Crippen LogP contribution in [-0.4, -0.2) is 26.4 Å². The van der Waals surface area contributed by atoms with E-state index in [0.717, 1.165) is 11.5 Å². The summed E-state index contributed by atoms with van der Waals surface area (Å²) >= 11 is 0. The van der Waals surface area contributed by atoms with E-state index in [-0.39, 0.29) is 0 Å². The Kier molecular flexibility index (Phi) is 1.51. The molecule has 0 amide bonds. The van der Waals surface area contributed by atoms with Gasteiger partial charge >= 0.3 is 0 Å². The fourth-order valence-corrected chi connectivity index (χ4v) is 3.61. The Morgan fingerprint density at radius 3 is 1.94 bits per heavy atom. The van der Waals surface area contributed by atoms with Crippen molar-refractivity contribution in [1.82, 2.24) is 0 Å². The van der Waals surface area contributed by atoms with Gasteiger partial charge in [-0.2, -0.15) is 0 Å². The summed E-state index contributed by atoms with van der Waals surface area (Å²) in [5.41, 5.74) is 2.68. The number of hydrogen-bond donors (Lipinski definition) is 0. The number of rotatable bonds is 2. The van der Waals surface area contributed by atoms with E-state index in [1.54, 1.807) is 14.2 Å². The van der Waals surface area contributed by atoms with Gasteiger partial charge in [0.05, 0.1) is 26.4 Å². The topological polar surface area (TPSA) is 31.0 Å². The first-order valence-corrected chi connectivity index (χ1v) is 5.75. The van der Waals surface area contributed by atoms with E-state index in [1.165, 1.54) is 17.5 Å². The summed E-state index contributed by atoms with van der Waals surface area (Å²) in [4.78, 5) is 0. The Morgan fingerprint density at radius 2 is 1.50 bits per heavy atom. The third-order valence-corrected chi connectivity index (χ3v) is 4.25. The van der Waals surface area contributed by atoms with Gasteiger partial charge in [-0.05, 0) is 18.6 Å². The molecular weight excluding hydrogens is 204 g/mol. The Labute approximate surface area is 94.3 Å². The Balaban J connectivity index is 1.96. The van der Waals surface area contributed by atoms with Crippen LogP contribution in [0.15, 0.2) is 12.1 Å². The highest BCUT2D eigenvalue weighted by Gasteiger charge is 2.63. The van der Waals surface area contributed by atoms with E-state index in [9.17, 15) is 0 Å². The Hall–Kier alpha value is -1.22. The maximum atomic E-state index is 5.71. The molecule has 4 atom stereocenters. The van der Waals surface area contributed by atoms with Crippen LogP contribution in [0.25, 0.3) is 0 Å². The van der Waals surface area contributed by atoms with E-state index in [0.29, 0.717) is 24.0 Å². The number of benzene rings is 1. The fraction of sp³-hybridized carbons (Fsp3) is 0.538. The first kappa shape index (κ1) is 8.88. The molecule has 1 aromatic rings. The van der Waals surface area contributed by atoms with Crippen LogP contribution in [0.2, 0.25) is 0 Å². The summed E-state index contributed by atoms with van der Waals surface area (Å²) in [6.45, 7) is 0. The second kappa shape index (κ2) is 2.72. The summed E-state index contributed by atoms with van der Waals surface area (Å²) < 4.78 is 16.6. The molecule has 2 fully saturated rings. The lowest BCUT2D eigenvalue weighted by molar-refractivity contribution is 0.294. The van der Waals surface area contributed by atoms with Gasteiger partial charge in [-0.25, -0.2) is 0 Å². The van der Waals surface area contributed by atoms with Crippen molar-refractivity contribution >= 4 is 0 Å². The molecule has 3 nitrogen and oxygen atoms in total. The lowest BCUT2D eigenvalue weighted by Crippen LogP contribution is -2.10. The minimum atomic E-state index is 0.457. The molecule has 1 heterocycles. The third kappa shape index (κ3) is 0.846. The molecule has 84 valence electrons. The van der Waals surface area contributed by atoms with Gasteiger partial charge < -0.3 is 14.2 Å². The van der Waals surface area contributed by atoms with Gasteiger partial charge in [0.2, 0.25) is 0 Å². The van der Waals surface area contributed by atoms with Crippen LogP contribution in [-0.2, 0) is 4.74 Å². The Morgan fingerprint density at radius 1 is 1.00 bits per heavy atom. The smallest absolute Gasteiger partial charge is 0.122 e. The van der Waals surface area contributed by atoms with E-state index in [2.05, 4.69) is 0 Å². The molecule has 1 saturated heterocycles. The second-order valence-corrected chi connectivity index (χ2v) is 4.81. The molecule has 0 spiro atoms. The van der Waals surface area contributed by atoms with Gasteiger partial charge in [-0.1, -0.05) is 0 Å². The van der Waals surface area contributed by atoms with E-state index in [4.69, 9.17) is 14.2 Å². The van der Waals surface area contributed by atoms with Crippen molar-refractivity contribution in [3.8, 4) is 11.5 Å². The van der Waals surface area contributed by atoms with Crippen molar-refractivity contribution in [3.05, 3.63) is 23.3 Å². The van der Waals surface area contributed by atoms with E-state index < -0.39 is 0 Å². The first-order valence-electron chi connectivity index (χ1n) is 5.75. The van der Waals surface area contributed by atoms with Crippen molar-refractivity contribution in [2.75, 3.05) is 14.2 Å². The van der Waals surface area contributed by atoms with Crippen LogP contribution in [0.1, 0.15) is 29.4 Å². The minimum absolute atomic E-state index is 0.457. The van der Waals surface area contributed by atoms with Crippen molar-refractivity contribution < 1.29 is 14.2 Å². The van der Waals surface area contributed by atoms with Crippen LogP contribution < -0.4 is 9.47 Å². The predicted octanol–water partition coefficient (Wildman–Crippen LogP) is 2.06. The summed E-state index contributed by atoms with van der Waals surface area (Å²) in [7, 11) is 3.47. The average Bonchev–Trinajstić information content (AvgIpc) is 2.94. The van der Waals surface area contributed by atoms with Crippen molar-refractivity contribution in [1.29, 1.82) is 0 Å².